The van der Waals surface area contributed by atoms with Gasteiger partial charge in [0.2, 0.25) is 0 Å². The van der Waals surface area contributed by atoms with E-state index >= 15 is 0 Å². The molecule has 1 unspecified atom stereocenters. The number of aliphatic hydroxyl groups is 1. The van der Waals surface area contributed by atoms with Crippen LogP contribution in [0.25, 0.3) is 10.9 Å². The second kappa shape index (κ2) is 4.32. The molecule has 0 radical (unpaired) electrons. The fraction of sp³-hybridized carbons (Fsp3) is 0.500. The van der Waals surface area contributed by atoms with Crippen molar-refractivity contribution >= 4 is 10.9 Å². The number of ether oxygens (including phenoxy) is 1. The molecule has 1 saturated heterocycles. The molecule has 1 aliphatic carbocycles. The summed E-state index contributed by atoms with van der Waals surface area (Å²) in [4.78, 5) is 3.36. The third kappa shape index (κ3) is 1.47. The number of rotatable bonds is 2. The summed E-state index contributed by atoms with van der Waals surface area (Å²) in [5, 5.41) is 14.4. The molecule has 2 heterocycles. The maximum atomic E-state index is 9.54. The van der Waals surface area contributed by atoms with Crippen LogP contribution in [0.1, 0.15) is 17.5 Å². The lowest BCUT2D eigenvalue weighted by Crippen LogP contribution is -2.59. The van der Waals surface area contributed by atoms with Crippen LogP contribution in [0.5, 0.6) is 0 Å². The largest absolute Gasteiger partial charge is 0.396 e. The minimum absolute atomic E-state index is 0.209. The predicted molar refractivity (Wildman–Crippen MR) is 77.7 cm³/mol. The summed E-state index contributed by atoms with van der Waals surface area (Å²) in [5.74, 6) is 0.252. The van der Waals surface area contributed by atoms with Crippen molar-refractivity contribution in [3.05, 3.63) is 35.5 Å². The summed E-state index contributed by atoms with van der Waals surface area (Å²) in [6, 6.07) is 6.66. The van der Waals surface area contributed by atoms with Gasteiger partial charge >= 0.3 is 0 Å². The Morgan fingerprint density at radius 1 is 1.45 bits per heavy atom. The Labute approximate surface area is 118 Å². The predicted octanol–water partition coefficient (Wildman–Crippen LogP) is 1.54. The number of fused-ring (bicyclic) bond motifs is 2. The summed E-state index contributed by atoms with van der Waals surface area (Å²) in [6.07, 6.45) is 3.97. The van der Waals surface area contributed by atoms with Gasteiger partial charge < -0.3 is 20.1 Å². The van der Waals surface area contributed by atoms with Gasteiger partial charge in [-0.15, -0.1) is 0 Å². The molecule has 4 nitrogen and oxygen atoms in total. The van der Waals surface area contributed by atoms with Crippen molar-refractivity contribution in [1.29, 1.82) is 0 Å². The Morgan fingerprint density at radius 3 is 3.15 bits per heavy atom. The minimum atomic E-state index is -0.319. The first-order valence-electron chi connectivity index (χ1n) is 7.27. The first-order valence-corrected chi connectivity index (χ1v) is 7.27. The quantitative estimate of drug-likeness (QED) is 0.777. The van der Waals surface area contributed by atoms with Crippen molar-refractivity contribution in [3.8, 4) is 0 Å². The smallest absolute Gasteiger partial charge is 0.109 e. The van der Waals surface area contributed by atoms with Crippen molar-refractivity contribution in [2.24, 2.45) is 5.92 Å². The van der Waals surface area contributed by atoms with E-state index in [1.165, 1.54) is 22.0 Å². The summed E-state index contributed by atoms with van der Waals surface area (Å²) in [6.45, 7) is 1.07. The Morgan fingerprint density at radius 2 is 2.35 bits per heavy atom. The van der Waals surface area contributed by atoms with Crippen molar-refractivity contribution < 1.29 is 9.84 Å². The summed E-state index contributed by atoms with van der Waals surface area (Å²) in [5.41, 5.74) is 3.48. The molecule has 1 aromatic heterocycles. The molecular weight excluding hydrogens is 252 g/mol. The van der Waals surface area contributed by atoms with Gasteiger partial charge in [0.1, 0.15) is 5.60 Å². The molecule has 1 aliphatic heterocycles. The molecule has 20 heavy (non-hydrogen) atoms. The van der Waals surface area contributed by atoms with Crippen molar-refractivity contribution in [1.82, 2.24) is 10.3 Å². The normalized spacial score (nSPS) is 32.3. The first kappa shape index (κ1) is 12.4. The average molecular weight is 272 g/mol. The third-order valence-corrected chi connectivity index (χ3v) is 5.10. The highest BCUT2D eigenvalue weighted by atomic mass is 16.5. The molecule has 0 bridgehead atoms. The van der Waals surface area contributed by atoms with Gasteiger partial charge in [-0.2, -0.15) is 0 Å². The van der Waals surface area contributed by atoms with Crippen LogP contribution in [0.2, 0.25) is 0 Å². The standard InChI is InChI=1S/C16H20N2O2/c1-20-16-6-10(9-19)7-18-14(16)5-11-8-17-13-4-2-3-12(16)15(11)13/h2-4,8,10,14,17-19H,5-7,9H2,1H3/t10?,14-,16+/m1/s1. The number of benzene rings is 1. The zero-order valence-electron chi connectivity index (χ0n) is 11.6. The molecule has 106 valence electrons. The molecule has 4 rings (SSSR count). The molecule has 0 saturated carbocycles. The number of aliphatic hydroxyl groups excluding tert-OH is 1. The van der Waals surface area contributed by atoms with Crippen molar-refractivity contribution in [2.75, 3.05) is 20.3 Å². The number of aromatic nitrogens is 1. The van der Waals surface area contributed by atoms with Crippen LogP contribution in [-0.2, 0) is 16.8 Å². The van der Waals surface area contributed by atoms with Gasteiger partial charge in [-0.25, -0.2) is 0 Å². The van der Waals surface area contributed by atoms with Gasteiger partial charge in [0, 0.05) is 43.4 Å². The molecule has 0 spiro atoms. The topological polar surface area (TPSA) is 57.3 Å². The third-order valence-electron chi connectivity index (χ3n) is 5.10. The van der Waals surface area contributed by atoms with Crippen LogP contribution in [0, 0.1) is 5.92 Å². The van der Waals surface area contributed by atoms with Gasteiger partial charge in [0.25, 0.3) is 0 Å². The highest BCUT2D eigenvalue weighted by Crippen LogP contribution is 2.46. The first-order chi connectivity index (χ1) is 9.78. The number of piperidine rings is 1. The number of aromatic amines is 1. The summed E-state index contributed by atoms with van der Waals surface area (Å²) in [7, 11) is 1.80. The Bertz CT molecular complexity index is 651. The van der Waals surface area contributed by atoms with Gasteiger partial charge in [-0.3, -0.25) is 0 Å². The lowest BCUT2D eigenvalue weighted by molar-refractivity contribution is -0.0884. The molecular formula is C16H20N2O2. The molecule has 3 N–H and O–H groups in total. The van der Waals surface area contributed by atoms with E-state index in [2.05, 4.69) is 34.7 Å². The maximum Gasteiger partial charge on any atom is 0.109 e. The second-order valence-corrected chi connectivity index (χ2v) is 6.05. The highest BCUT2D eigenvalue weighted by Gasteiger charge is 2.49. The Balaban J connectivity index is 1.94. The number of nitrogens with one attached hydrogen (secondary N) is 2. The monoisotopic (exact) mass is 272 g/mol. The van der Waals surface area contributed by atoms with Crippen molar-refractivity contribution in [2.45, 2.75) is 24.5 Å². The molecule has 0 amide bonds. The van der Waals surface area contributed by atoms with Gasteiger partial charge in [0.15, 0.2) is 0 Å². The van der Waals surface area contributed by atoms with Crippen molar-refractivity contribution in [3.63, 3.8) is 0 Å². The van der Waals surface area contributed by atoms with E-state index in [-0.39, 0.29) is 24.2 Å². The van der Waals surface area contributed by atoms with E-state index in [0.29, 0.717) is 0 Å². The molecule has 3 atom stereocenters. The van der Waals surface area contributed by atoms with Crippen LogP contribution in [0.4, 0.5) is 0 Å². The van der Waals surface area contributed by atoms with Crippen LogP contribution >= 0.6 is 0 Å². The minimum Gasteiger partial charge on any atom is -0.396 e. The Hall–Kier alpha value is -1.36. The molecule has 1 aromatic carbocycles. The van der Waals surface area contributed by atoms with E-state index in [9.17, 15) is 5.11 Å². The van der Waals surface area contributed by atoms with E-state index in [1.807, 2.05) is 0 Å². The van der Waals surface area contributed by atoms with Crippen LogP contribution in [-0.4, -0.2) is 36.4 Å². The maximum absolute atomic E-state index is 9.54. The fourth-order valence-corrected chi connectivity index (χ4v) is 4.11. The number of hydrogen-bond donors (Lipinski definition) is 3. The molecule has 4 heteroatoms. The number of H-pyrrole nitrogens is 1. The SMILES string of the molecule is CO[C@]12CC(CO)CN[C@@H]1Cc1c[nH]c3cccc2c13. The van der Waals surface area contributed by atoms with Gasteiger partial charge in [0.05, 0.1) is 0 Å². The molecule has 2 aromatic rings. The second-order valence-electron chi connectivity index (χ2n) is 6.05. The Kier molecular flexibility index (Phi) is 2.67. The zero-order chi connectivity index (χ0) is 13.7. The lowest BCUT2D eigenvalue weighted by Gasteiger charge is -2.49. The van der Waals surface area contributed by atoms with E-state index in [4.69, 9.17) is 4.74 Å². The van der Waals surface area contributed by atoms with Crippen LogP contribution in [0.15, 0.2) is 24.4 Å². The molecule has 2 aliphatic rings. The van der Waals surface area contributed by atoms with E-state index < -0.39 is 0 Å². The zero-order valence-corrected chi connectivity index (χ0v) is 11.6. The summed E-state index contributed by atoms with van der Waals surface area (Å²) >= 11 is 0. The van der Waals surface area contributed by atoms with Crippen LogP contribution < -0.4 is 5.32 Å². The summed E-state index contributed by atoms with van der Waals surface area (Å²) < 4.78 is 6.04. The van der Waals surface area contributed by atoms with E-state index in [0.717, 1.165) is 19.4 Å². The highest BCUT2D eigenvalue weighted by molar-refractivity contribution is 5.88. The lowest BCUT2D eigenvalue weighted by atomic mass is 9.69. The number of hydrogen-bond acceptors (Lipinski definition) is 3. The van der Waals surface area contributed by atoms with Crippen LogP contribution in [0.3, 0.4) is 0 Å². The van der Waals surface area contributed by atoms with Gasteiger partial charge in [-0.05, 0) is 36.0 Å². The molecule has 1 fully saturated rings. The average Bonchev–Trinajstić information content (AvgIpc) is 2.92. The fourth-order valence-electron chi connectivity index (χ4n) is 4.11. The van der Waals surface area contributed by atoms with Gasteiger partial charge in [-0.1, -0.05) is 12.1 Å². The van der Waals surface area contributed by atoms with E-state index in [1.54, 1.807) is 7.11 Å². The number of methoxy groups -OCH3 is 1.